The molecular weight excluding hydrogens is 645 g/mol. The summed E-state index contributed by atoms with van der Waals surface area (Å²) in [7, 11) is 0. The number of rotatable bonds is 8. The molecule has 28 heavy (non-hydrogen) atoms. The summed E-state index contributed by atoms with van der Waals surface area (Å²) in [5.74, 6) is -1.37. The molecule has 1 aromatic rings. The second-order valence-corrected chi connectivity index (χ2v) is 13.5. The van der Waals surface area contributed by atoms with Gasteiger partial charge in [-0.2, -0.15) is 0 Å². The normalized spacial score (nSPS) is 15.6. The van der Waals surface area contributed by atoms with E-state index in [0.29, 0.717) is 3.20 Å². The first-order valence-electron chi connectivity index (χ1n) is 7.79. The topological polar surface area (TPSA) is 87.9 Å². The van der Waals surface area contributed by atoms with Crippen molar-refractivity contribution in [2.45, 2.75) is 15.5 Å². The Morgan fingerprint density at radius 2 is 1.96 bits per heavy atom. The molecule has 1 heterocycles. The SMILES string of the molecule is O=C(OC[CH2][Ac][CH2]CO[N+](=O)[O-])C1=Cc2cc(Cl)cc(Cl)c2OC1C(F)(F)F. The molecule has 0 aliphatic carbocycles. The molecule has 0 amide bonds. The van der Waals surface area contributed by atoms with Crippen LogP contribution in [0.15, 0.2) is 17.7 Å². The van der Waals surface area contributed by atoms with E-state index in [1.165, 1.54) is 12.1 Å². The van der Waals surface area contributed by atoms with Crippen molar-refractivity contribution in [1.29, 1.82) is 0 Å². The summed E-state index contributed by atoms with van der Waals surface area (Å²) < 4.78 is 51.0. The molecule has 13 heteroatoms. The summed E-state index contributed by atoms with van der Waals surface area (Å²) in [6, 6.07) is 2.57. The zero-order valence-electron chi connectivity index (χ0n) is 14.0. The van der Waals surface area contributed by atoms with E-state index in [4.69, 9.17) is 32.7 Å². The molecule has 2 rings (SSSR count). The van der Waals surface area contributed by atoms with Crippen molar-refractivity contribution in [1.82, 2.24) is 0 Å². The molecule has 0 radical (unpaired) electrons. The molecule has 1 aliphatic heterocycles. The summed E-state index contributed by atoms with van der Waals surface area (Å²) in [4.78, 5) is 26.4. The van der Waals surface area contributed by atoms with Crippen LogP contribution in [-0.4, -0.2) is 36.5 Å². The van der Waals surface area contributed by atoms with Gasteiger partial charge in [-0.05, 0) is 0 Å². The maximum atomic E-state index is 13.3. The zero-order chi connectivity index (χ0) is 20.9. The van der Waals surface area contributed by atoms with E-state index in [-0.39, 0.29) is 34.6 Å². The first-order chi connectivity index (χ1) is 13.1. The van der Waals surface area contributed by atoms with Gasteiger partial charge in [0.05, 0.1) is 0 Å². The average molecular weight is 657 g/mol. The fourth-order valence-electron chi connectivity index (χ4n) is 2.32. The second-order valence-electron chi connectivity index (χ2n) is 5.50. The Labute approximate surface area is 188 Å². The Morgan fingerprint density at radius 3 is 2.61 bits per heavy atom. The van der Waals surface area contributed by atoms with Crippen LogP contribution >= 0.6 is 23.2 Å². The number of nitrogens with zero attached hydrogens (tertiary/aromatic N) is 1. The van der Waals surface area contributed by atoms with E-state index in [2.05, 4.69) is 4.84 Å². The van der Waals surface area contributed by atoms with Crippen LogP contribution in [0, 0.1) is 49.8 Å². The van der Waals surface area contributed by atoms with Gasteiger partial charge in [-0.1, -0.05) is 0 Å². The molecule has 0 aromatic heterocycles. The van der Waals surface area contributed by atoms with Gasteiger partial charge in [0.1, 0.15) is 0 Å². The second kappa shape index (κ2) is 10.3. The van der Waals surface area contributed by atoms with Gasteiger partial charge in [-0.25, -0.2) is 0 Å². The molecular formula is C15H12AcCl2F3NO6. The van der Waals surface area contributed by atoms with Crippen LogP contribution in [0.4, 0.5) is 13.2 Å². The van der Waals surface area contributed by atoms with E-state index in [0.717, 1.165) is 6.08 Å². The number of carbonyl (C=O) groups excluding carboxylic acids is 1. The Hall–Kier alpha value is -0.758. The Kier molecular flexibility index (Phi) is 8.67. The van der Waals surface area contributed by atoms with Crippen LogP contribution in [0.2, 0.25) is 13.2 Å². The Bertz CT molecular complexity index is 790. The fraction of sp³-hybridized carbons (Fsp3) is 0.400. The van der Waals surface area contributed by atoms with Gasteiger partial charge < -0.3 is 0 Å². The number of carbonyl (C=O) groups is 1. The number of hydrogen-bond acceptors (Lipinski definition) is 6. The van der Waals surface area contributed by atoms with Gasteiger partial charge in [0.25, 0.3) is 0 Å². The van der Waals surface area contributed by atoms with Gasteiger partial charge in [-0.15, -0.1) is 0 Å². The van der Waals surface area contributed by atoms with Crippen LogP contribution in [0.5, 0.6) is 5.75 Å². The number of halogens is 5. The molecule has 1 atom stereocenters. The van der Waals surface area contributed by atoms with E-state index in [1.54, 1.807) is 0 Å². The molecule has 1 unspecified atom stereocenters. The first-order valence-corrected chi connectivity index (χ1v) is 15.3. The van der Waals surface area contributed by atoms with Gasteiger partial charge in [0, 0.05) is 0 Å². The van der Waals surface area contributed by atoms with Crippen LogP contribution in [0.1, 0.15) is 5.56 Å². The van der Waals surface area contributed by atoms with Crippen LogP contribution < -0.4 is 4.74 Å². The number of ether oxygens (including phenoxy) is 2. The van der Waals surface area contributed by atoms with E-state index in [1.807, 2.05) is 0 Å². The van der Waals surface area contributed by atoms with Gasteiger partial charge in [0.2, 0.25) is 0 Å². The van der Waals surface area contributed by atoms with Crippen LogP contribution in [-0.2, 0) is 14.4 Å². The average Bonchev–Trinajstić information content (AvgIpc) is 2.58. The van der Waals surface area contributed by atoms with E-state index in [9.17, 15) is 28.1 Å². The van der Waals surface area contributed by atoms with E-state index < -0.39 is 68.6 Å². The van der Waals surface area contributed by atoms with Crippen molar-refractivity contribution in [3.8, 4) is 5.75 Å². The van der Waals surface area contributed by atoms with Crippen molar-refractivity contribution in [3.05, 3.63) is 43.4 Å². The van der Waals surface area contributed by atoms with Crippen molar-refractivity contribution in [2.75, 3.05) is 13.2 Å². The zero-order valence-corrected chi connectivity index (χ0v) is 20.3. The third-order valence-electron chi connectivity index (χ3n) is 3.47. The van der Waals surface area contributed by atoms with Crippen molar-refractivity contribution < 1.29 is 77.1 Å². The Morgan fingerprint density at radius 1 is 1.29 bits per heavy atom. The molecule has 1 aliphatic rings. The minimum atomic E-state index is -4.86. The molecule has 0 spiro atoms. The molecule has 1 aromatic carbocycles. The molecule has 0 saturated heterocycles. The maximum absolute atomic E-state index is 13.3. The van der Waals surface area contributed by atoms with Crippen molar-refractivity contribution in [2.24, 2.45) is 0 Å². The summed E-state index contributed by atoms with van der Waals surface area (Å²) >= 11 is 10.2. The molecule has 151 valence electrons. The van der Waals surface area contributed by atoms with Gasteiger partial charge >= 0.3 is 190 Å². The molecule has 7 nitrogen and oxygen atoms in total. The molecule has 0 bridgehead atoms. The fourth-order valence-corrected chi connectivity index (χ4v) is 6.35. The quantitative estimate of drug-likeness (QED) is 0.179. The predicted octanol–water partition coefficient (Wildman–Crippen LogP) is 4.37. The van der Waals surface area contributed by atoms with E-state index >= 15 is 0 Å². The first kappa shape index (κ1) is 23.5. The third-order valence-corrected chi connectivity index (χ3v) is 9.27. The number of benzene rings is 1. The predicted molar refractivity (Wildman–Crippen MR) is 88.4 cm³/mol. The Balaban J connectivity index is 2.04. The number of esters is 1. The number of hydrogen-bond donors (Lipinski definition) is 0. The van der Waals surface area contributed by atoms with Crippen molar-refractivity contribution >= 4 is 35.2 Å². The summed E-state index contributed by atoms with van der Waals surface area (Å²) in [6.45, 7) is -0.0860. The summed E-state index contributed by atoms with van der Waals surface area (Å²) in [5.41, 5.74) is -0.562. The molecule has 0 N–H and O–H groups in total. The minimum absolute atomic E-state index is 0.0192. The summed E-state index contributed by atoms with van der Waals surface area (Å²) in [5, 5.41) is 9.18. The standard InChI is InChI=1S/C13H8Cl2F3O3.C2H4NO3.Ac/c1-2-20-12(19)8-4-6-3-7(14)5-9(15)10(6)21-11(8)13(16,17)18;1-2-6-3(4)5;/h3-5,11H,1-2H2;1-2H2;. The third kappa shape index (κ3) is 6.65. The number of alkyl halides is 3. The summed E-state index contributed by atoms with van der Waals surface area (Å²) in [6.07, 6.45) is -6.36. The van der Waals surface area contributed by atoms with Gasteiger partial charge in [-0.3, -0.25) is 0 Å². The number of fused-ring (bicyclic) bond motifs is 1. The van der Waals surface area contributed by atoms with Crippen LogP contribution in [0.25, 0.3) is 6.08 Å². The van der Waals surface area contributed by atoms with Crippen molar-refractivity contribution in [3.63, 3.8) is 0 Å². The monoisotopic (exact) mass is 656 g/mol. The molecule has 0 saturated carbocycles. The molecule has 0 fully saturated rings. The van der Waals surface area contributed by atoms with Crippen LogP contribution in [0.3, 0.4) is 0 Å². The van der Waals surface area contributed by atoms with Gasteiger partial charge in [0.15, 0.2) is 0 Å².